The zero-order valence-corrected chi connectivity index (χ0v) is 19.2. The molecule has 2 fully saturated rings. The van der Waals surface area contributed by atoms with Crippen LogP contribution in [0.25, 0.3) is 0 Å². The molecule has 0 aromatic heterocycles. The highest BCUT2D eigenvalue weighted by atomic mass is 16.4. The number of hydrogen-bond acceptors (Lipinski definition) is 7. The lowest BCUT2D eigenvalue weighted by atomic mass is 9.99. The fourth-order valence-corrected chi connectivity index (χ4v) is 3.74. The van der Waals surface area contributed by atoms with Crippen LogP contribution in [0.2, 0.25) is 0 Å². The maximum absolute atomic E-state index is 12.9. The van der Waals surface area contributed by atoms with E-state index in [2.05, 4.69) is 31.6 Å². The van der Waals surface area contributed by atoms with Crippen LogP contribution in [0.5, 0.6) is 0 Å². The number of fused-ring (bicyclic) bond motifs is 3. The van der Waals surface area contributed by atoms with Crippen LogP contribution in [0.3, 0.4) is 0 Å². The van der Waals surface area contributed by atoms with Gasteiger partial charge >= 0.3 is 5.97 Å². The van der Waals surface area contributed by atoms with Gasteiger partial charge in [-0.25, -0.2) is 0 Å². The van der Waals surface area contributed by atoms with Gasteiger partial charge in [-0.1, -0.05) is 12.8 Å². The van der Waals surface area contributed by atoms with Crippen molar-refractivity contribution >= 4 is 41.5 Å². The highest BCUT2D eigenvalue weighted by Crippen LogP contribution is 2.13. The Balaban J connectivity index is 2.28. The zero-order valence-electron chi connectivity index (χ0n) is 19.2. The molecule has 2 saturated heterocycles. The van der Waals surface area contributed by atoms with Crippen molar-refractivity contribution in [1.29, 1.82) is 0 Å². The second-order valence-corrected chi connectivity index (χ2v) is 8.35. The van der Waals surface area contributed by atoms with Crippen molar-refractivity contribution in [2.24, 2.45) is 16.5 Å². The van der Waals surface area contributed by atoms with Crippen molar-refractivity contribution in [3.63, 3.8) is 0 Å². The molecule has 4 atom stereocenters. The molecule has 2 aliphatic heterocycles. The minimum absolute atomic E-state index is 0.122. The van der Waals surface area contributed by atoms with Crippen molar-refractivity contribution in [2.75, 3.05) is 13.1 Å². The minimum Gasteiger partial charge on any atom is -0.481 e. The number of carbonyl (C=O) groups is 6. The van der Waals surface area contributed by atoms with Gasteiger partial charge in [0, 0.05) is 6.54 Å². The fraction of sp³-hybridized carbons (Fsp3) is 0.650. The summed E-state index contributed by atoms with van der Waals surface area (Å²) in [7, 11) is 0. The Kier molecular flexibility index (Phi) is 10.2. The average molecular weight is 497 g/mol. The number of aliphatic carboxylic acids is 1. The molecule has 0 aromatic carbocycles. The summed E-state index contributed by atoms with van der Waals surface area (Å²) in [5, 5.41) is 21.4. The van der Waals surface area contributed by atoms with Gasteiger partial charge in [0.15, 0.2) is 5.96 Å². The molecule has 0 radical (unpaired) electrons. The van der Waals surface area contributed by atoms with Crippen molar-refractivity contribution in [3.05, 3.63) is 0 Å². The van der Waals surface area contributed by atoms with E-state index in [4.69, 9.17) is 16.6 Å². The number of aliphatic imine (C=N–C) groups is 1. The van der Waals surface area contributed by atoms with Gasteiger partial charge in [0.1, 0.15) is 24.2 Å². The van der Waals surface area contributed by atoms with Crippen LogP contribution in [-0.2, 0) is 28.8 Å². The summed E-state index contributed by atoms with van der Waals surface area (Å²) in [6, 6.07) is -4.49. The second-order valence-electron chi connectivity index (χ2n) is 8.35. The van der Waals surface area contributed by atoms with E-state index in [0.29, 0.717) is 25.7 Å². The van der Waals surface area contributed by atoms with Crippen LogP contribution in [0, 0.1) is 0 Å². The standard InChI is InChI=1S/C20H32N8O7/c21-20(22)23-7-3-6-10-16(32)24-9-14(29)25-13(8-15(30)31)19(35)28-12-5-2-1-4-11(17(33)26-10)27-18(12)34/h10-13H,1-9H2,(H,24,32)(H,25,29)(H,26,33)(H,27,34)(H,28,35)(H,30,31)(H4,21,22,23)/t10-,11-,12+,13-/m0/s1. The number of guanidine groups is 1. The maximum Gasteiger partial charge on any atom is 0.305 e. The highest BCUT2D eigenvalue weighted by Gasteiger charge is 2.33. The highest BCUT2D eigenvalue weighted by molar-refractivity contribution is 5.97. The first-order valence-electron chi connectivity index (χ1n) is 11.3. The number of carbonyl (C=O) groups excluding carboxylic acids is 5. The molecule has 194 valence electrons. The van der Waals surface area contributed by atoms with Gasteiger partial charge in [0.25, 0.3) is 0 Å². The number of nitrogens with zero attached hydrogens (tertiary/aromatic N) is 1. The first-order chi connectivity index (χ1) is 16.6. The summed E-state index contributed by atoms with van der Waals surface area (Å²) in [6.45, 7) is -0.360. The summed E-state index contributed by atoms with van der Waals surface area (Å²) in [6.07, 6.45) is 1.41. The van der Waals surface area contributed by atoms with Gasteiger partial charge in [-0.15, -0.1) is 0 Å². The Morgan fingerprint density at radius 1 is 0.857 bits per heavy atom. The topological polar surface area (TPSA) is 247 Å². The van der Waals surface area contributed by atoms with Gasteiger partial charge in [-0.3, -0.25) is 33.8 Å². The Hall–Kier alpha value is -3.91. The number of rotatable bonds is 6. The molecule has 15 heteroatoms. The summed E-state index contributed by atoms with van der Waals surface area (Å²) in [5.41, 5.74) is 10.6. The molecule has 2 aliphatic rings. The van der Waals surface area contributed by atoms with E-state index >= 15 is 0 Å². The van der Waals surface area contributed by atoms with Gasteiger partial charge in [-0.05, 0) is 25.7 Å². The smallest absolute Gasteiger partial charge is 0.305 e. The molecule has 0 unspecified atom stereocenters. The van der Waals surface area contributed by atoms with Crippen LogP contribution >= 0.6 is 0 Å². The number of nitrogens with two attached hydrogens (primary N) is 2. The molecule has 2 heterocycles. The predicted octanol–water partition coefficient (Wildman–Crippen LogP) is -3.84. The molecule has 2 bridgehead atoms. The van der Waals surface area contributed by atoms with Gasteiger partial charge < -0.3 is 43.2 Å². The van der Waals surface area contributed by atoms with Crippen molar-refractivity contribution in [2.45, 2.75) is 69.1 Å². The zero-order chi connectivity index (χ0) is 26.0. The van der Waals surface area contributed by atoms with E-state index in [1.165, 1.54) is 0 Å². The third kappa shape index (κ3) is 9.10. The van der Waals surface area contributed by atoms with Crippen molar-refractivity contribution in [3.8, 4) is 0 Å². The molecule has 15 nitrogen and oxygen atoms in total. The quantitative estimate of drug-likeness (QED) is 0.102. The normalized spacial score (nSPS) is 26.3. The number of hydrogen-bond donors (Lipinski definition) is 8. The third-order valence-electron chi connectivity index (χ3n) is 5.53. The van der Waals surface area contributed by atoms with Crippen LogP contribution in [0.15, 0.2) is 4.99 Å². The lowest BCUT2D eigenvalue weighted by molar-refractivity contribution is -0.141. The molecule has 0 aliphatic carbocycles. The number of carboxylic acids is 1. The third-order valence-corrected chi connectivity index (χ3v) is 5.53. The number of amides is 5. The van der Waals surface area contributed by atoms with E-state index in [0.717, 1.165) is 0 Å². The summed E-state index contributed by atoms with van der Waals surface area (Å²) in [5.74, 6) is -5.03. The molecule has 35 heavy (non-hydrogen) atoms. The number of carboxylic acid groups (broad SMARTS) is 1. The molecule has 5 amide bonds. The Bertz CT molecular complexity index is 874. The minimum atomic E-state index is -1.47. The van der Waals surface area contributed by atoms with Crippen LogP contribution in [0.4, 0.5) is 0 Å². The Morgan fingerprint density at radius 2 is 1.46 bits per heavy atom. The molecule has 0 aromatic rings. The average Bonchev–Trinajstić information content (AvgIpc) is 2.77. The van der Waals surface area contributed by atoms with E-state index in [1.807, 2.05) is 0 Å². The molecule has 0 spiro atoms. The fourth-order valence-electron chi connectivity index (χ4n) is 3.74. The molecular weight excluding hydrogens is 464 g/mol. The van der Waals surface area contributed by atoms with Crippen LogP contribution < -0.4 is 38.1 Å². The van der Waals surface area contributed by atoms with Crippen molar-refractivity contribution < 1.29 is 33.9 Å². The maximum atomic E-state index is 12.9. The van der Waals surface area contributed by atoms with E-state index in [-0.39, 0.29) is 25.3 Å². The second kappa shape index (κ2) is 13.1. The SMILES string of the molecule is NC(N)=NCCC[C@@H]1NC(=O)[C@@H]2CCCC[C@@H](NC(=O)[C@H](CC(=O)O)NC(=O)CNC1=O)C(=O)N2. The summed E-state index contributed by atoms with van der Waals surface area (Å²) >= 11 is 0. The van der Waals surface area contributed by atoms with Crippen LogP contribution in [-0.4, -0.2) is 83.8 Å². The lowest BCUT2D eigenvalue weighted by Crippen LogP contribution is -2.58. The van der Waals surface area contributed by atoms with Gasteiger partial charge in [0.2, 0.25) is 29.5 Å². The first kappa shape index (κ1) is 27.3. The largest absolute Gasteiger partial charge is 0.481 e. The van der Waals surface area contributed by atoms with Crippen molar-refractivity contribution in [1.82, 2.24) is 26.6 Å². The van der Waals surface area contributed by atoms with Gasteiger partial charge in [0.05, 0.1) is 13.0 Å². The number of nitrogens with one attached hydrogen (secondary N) is 5. The van der Waals surface area contributed by atoms with Gasteiger partial charge in [-0.2, -0.15) is 0 Å². The van der Waals surface area contributed by atoms with E-state index in [1.54, 1.807) is 0 Å². The Labute approximate surface area is 201 Å². The summed E-state index contributed by atoms with van der Waals surface area (Å²) < 4.78 is 0. The monoisotopic (exact) mass is 496 g/mol. The van der Waals surface area contributed by atoms with E-state index in [9.17, 15) is 28.8 Å². The molecular formula is C20H32N8O7. The van der Waals surface area contributed by atoms with E-state index < -0.39 is 72.6 Å². The Morgan fingerprint density at radius 3 is 2.06 bits per heavy atom. The van der Waals surface area contributed by atoms with Crippen LogP contribution in [0.1, 0.15) is 44.9 Å². The first-order valence-corrected chi connectivity index (χ1v) is 11.3. The lowest BCUT2D eigenvalue weighted by Gasteiger charge is -2.28. The molecule has 10 N–H and O–H groups in total. The molecule has 2 rings (SSSR count). The molecule has 0 saturated carbocycles. The summed E-state index contributed by atoms with van der Waals surface area (Å²) in [4.78, 5) is 78.5. The predicted molar refractivity (Wildman–Crippen MR) is 121 cm³/mol.